The molecule has 0 saturated carbocycles. The Morgan fingerprint density at radius 3 is 2.17 bits per heavy atom. The van der Waals surface area contributed by atoms with Gasteiger partial charge in [0.05, 0.1) is 11.3 Å². The van der Waals surface area contributed by atoms with E-state index in [0.29, 0.717) is 22.5 Å². The van der Waals surface area contributed by atoms with Crippen molar-refractivity contribution in [3.63, 3.8) is 0 Å². The zero-order valence-corrected chi connectivity index (χ0v) is 16.6. The van der Waals surface area contributed by atoms with Crippen LogP contribution in [0.2, 0.25) is 0 Å². The van der Waals surface area contributed by atoms with Crippen molar-refractivity contribution < 1.29 is 14.0 Å². The minimum atomic E-state index is -0.378. The van der Waals surface area contributed by atoms with Crippen molar-refractivity contribution in [3.05, 3.63) is 71.7 Å². The van der Waals surface area contributed by atoms with Crippen LogP contribution in [-0.2, 0) is 9.59 Å². The summed E-state index contributed by atoms with van der Waals surface area (Å²) in [5.74, 6) is -1.08. The van der Waals surface area contributed by atoms with Crippen LogP contribution in [0.25, 0.3) is 5.57 Å². The second kappa shape index (κ2) is 7.79. The lowest BCUT2D eigenvalue weighted by Crippen LogP contribution is -2.43. The highest BCUT2D eigenvalue weighted by Gasteiger charge is 2.43. The van der Waals surface area contributed by atoms with Crippen molar-refractivity contribution in [3.8, 4) is 0 Å². The molecule has 2 aliphatic rings. The maximum atomic E-state index is 13.5. The molecule has 2 amide bonds. The molecule has 1 fully saturated rings. The molecule has 150 valence electrons. The fraction of sp³-hybridized carbons (Fsp3) is 0.304. The number of likely N-dealkylation sites (tertiary alicyclic amines) is 1. The summed E-state index contributed by atoms with van der Waals surface area (Å²) in [5.41, 5.74) is 1.81. The first-order chi connectivity index (χ1) is 14.0. The van der Waals surface area contributed by atoms with Gasteiger partial charge < -0.3 is 9.80 Å². The normalized spacial score (nSPS) is 18.7. The molecule has 0 aromatic heterocycles. The highest BCUT2D eigenvalue weighted by Crippen LogP contribution is 2.36. The molecule has 2 aromatic carbocycles. The van der Waals surface area contributed by atoms with Gasteiger partial charge in [0.1, 0.15) is 11.5 Å². The number of piperidine rings is 1. The number of carbonyl (C=O) groups excluding carboxylic acids is 2. The van der Waals surface area contributed by atoms with E-state index in [4.69, 9.17) is 0 Å². The highest BCUT2D eigenvalue weighted by molar-refractivity contribution is 6.45. The summed E-state index contributed by atoms with van der Waals surface area (Å²) in [7, 11) is 3.97. The van der Waals surface area contributed by atoms with Gasteiger partial charge in [0.2, 0.25) is 0 Å². The number of hydrogen-bond donors (Lipinski definition) is 0. The monoisotopic (exact) mass is 393 g/mol. The fourth-order valence-electron chi connectivity index (χ4n) is 4.10. The largest absolute Gasteiger partial charge is 0.366 e. The number of nitrogens with zero attached hydrogens (tertiary/aromatic N) is 3. The first-order valence-electron chi connectivity index (χ1n) is 9.83. The lowest BCUT2D eigenvalue weighted by atomic mass is 10.00. The Morgan fingerprint density at radius 1 is 0.931 bits per heavy atom. The molecule has 0 spiro atoms. The molecule has 1 saturated heterocycles. The number of hydrogen-bond acceptors (Lipinski definition) is 4. The van der Waals surface area contributed by atoms with Gasteiger partial charge in [-0.15, -0.1) is 0 Å². The summed E-state index contributed by atoms with van der Waals surface area (Å²) < 4.78 is 13.5. The Labute approximate surface area is 170 Å². The Morgan fingerprint density at radius 2 is 1.55 bits per heavy atom. The molecule has 5 nitrogen and oxygen atoms in total. The topological polar surface area (TPSA) is 43.9 Å². The van der Waals surface area contributed by atoms with Crippen molar-refractivity contribution in [1.29, 1.82) is 0 Å². The van der Waals surface area contributed by atoms with Crippen molar-refractivity contribution in [2.24, 2.45) is 0 Å². The van der Waals surface area contributed by atoms with Gasteiger partial charge in [-0.2, -0.15) is 0 Å². The Hall–Kier alpha value is -2.99. The maximum absolute atomic E-state index is 13.5. The predicted octanol–water partition coefficient (Wildman–Crippen LogP) is 3.14. The summed E-state index contributed by atoms with van der Waals surface area (Å²) in [4.78, 5) is 32.2. The zero-order chi connectivity index (χ0) is 20.5. The number of halogens is 1. The van der Waals surface area contributed by atoms with Crippen molar-refractivity contribution in [2.75, 3.05) is 32.1 Å². The average molecular weight is 393 g/mol. The number of likely N-dealkylation sites (N-methyl/N-ethyl adjacent to an activating group) is 1. The lowest BCUT2D eigenvalue weighted by molar-refractivity contribution is -0.120. The van der Waals surface area contributed by atoms with Gasteiger partial charge in [0, 0.05) is 13.1 Å². The van der Waals surface area contributed by atoms with Crippen LogP contribution in [-0.4, -0.2) is 54.8 Å². The summed E-state index contributed by atoms with van der Waals surface area (Å²) in [6, 6.07) is 14.9. The van der Waals surface area contributed by atoms with Gasteiger partial charge in [-0.3, -0.25) is 9.59 Å². The molecule has 0 unspecified atom stereocenters. The average Bonchev–Trinajstić information content (AvgIpc) is 2.99. The van der Waals surface area contributed by atoms with Crippen LogP contribution < -0.4 is 4.90 Å². The third-order valence-electron chi connectivity index (χ3n) is 5.80. The van der Waals surface area contributed by atoms with Crippen LogP contribution in [0.3, 0.4) is 0 Å². The molecular formula is C23H24FN3O2. The highest BCUT2D eigenvalue weighted by atomic mass is 19.1. The molecule has 0 atom stereocenters. The van der Waals surface area contributed by atoms with Crippen molar-refractivity contribution in [2.45, 2.75) is 18.9 Å². The van der Waals surface area contributed by atoms with Crippen LogP contribution in [0.15, 0.2) is 60.3 Å². The molecule has 0 N–H and O–H groups in total. The lowest BCUT2D eigenvalue weighted by Gasteiger charge is -2.36. The number of amides is 2. The van der Waals surface area contributed by atoms with E-state index in [2.05, 4.69) is 11.9 Å². The molecule has 0 radical (unpaired) electrons. The molecule has 2 aromatic rings. The molecule has 0 aliphatic carbocycles. The number of imide groups is 1. The van der Waals surface area contributed by atoms with Gasteiger partial charge in [0.15, 0.2) is 0 Å². The molecule has 29 heavy (non-hydrogen) atoms. The van der Waals surface area contributed by atoms with E-state index < -0.39 is 0 Å². The third kappa shape index (κ3) is 3.56. The number of benzene rings is 2. The van der Waals surface area contributed by atoms with E-state index in [0.717, 1.165) is 25.9 Å². The van der Waals surface area contributed by atoms with Gasteiger partial charge in [-0.1, -0.05) is 30.3 Å². The maximum Gasteiger partial charge on any atom is 0.282 e. The van der Waals surface area contributed by atoms with Gasteiger partial charge in [-0.05, 0) is 62.8 Å². The Balaban J connectivity index is 1.78. The molecule has 4 rings (SSSR count). The van der Waals surface area contributed by atoms with E-state index in [9.17, 15) is 14.0 Å². The quantitative estimate of drug-likeness (QED) is 0.749. The summed E-state index contributed by atoms with van der Waals surface area (Å²) in [6.45, 7) is 1.89. The number of anilines is 1. The first-order valence-corrected chi connectivity index (χ1v) is 9.83. The minimum absolute atomic E-state index is 0.170. The van der Waals surface area contributed by atoms with Crippen LogP contribution in [0.5, 0.6) is 0 Å². The second-order valence-electron chi connectivity index (χ2n) is 7.66. The summed E-state index contributed by atoms with van der Waals surface area (Å²) >= 11 is 0. The third-order valence-corrected chi connectivity index (χ3v) is 5.80. The zero-order valence-electron chi connectivity index (χ0n) is 16.6. The molecule has 6 heteroatoms. The summed E-state index contributed by atoms with van der Waals surface area (Å²) in [5, 5.41) is 0. The fourth-order valence-corrected chi connectivity index (χ4v) is 4.10. The van der Waals surface area contributed by atoms with Crippen molar-refractivity contribution in [1.82, 2.24) is 9.80 Å². The van der Waals surface area contributed by atoms with Crippen molar-refractivity contribution >= 4 is 23.1 Å². The SMILES string of the molecule is CN1CCC(N(C)C2=C(c3ccc(F)cc3)C(=O)N(c3ccccc3)C2=O)CC1. The minimum Gasteiger partial charge on any atom is -0.366 e. The van der Waals surface area contributed by atoms with Crippen LogP contribution >= 0.6 is 0 Å². The number of rotatable bonds is 4. The number of carbonyl (C=O) groups is 2. The van der Waals surface area contributed by atoms with E-state index in [1.54, 1.807) is 36.4 Å². The standard InChI is InChI=1S/C23H24FN3O2/c1-25-14-12-18(13-15-25)26(2)21-20(16-8-10-17(24)11-9-16)22(28)27(23(21)29)19-6-4-3-5-7-19/h3-11,18H,12-15H2,1-2H3. The number of para-hydroxylation sites is 1. The molecule has 0 bridgehead atoms. The Bertz CT molecular complexity index is 948. The van der Waals surface area contributed by atoms with Gasteiger partial charge in [-0.25, -0.2) is 9.29 Å². The second-order valence-corrected chi connectivity index (χ2v) is 7.66. The Kier molecular flexibility index (Phi) is 5.20. The van der Waals surface area contributed by atoms with Crippen LogP contribution in [0.1, 0.15) is 18.4 Å². The predicted molar refractivity (Wildman–Crippen MR) is 111 cm³/mol. The molecule has 2 heterocycles. The van der Waals surface area contributed by atoms with Gasteiger partial charge in [0.25, 0.3) is 11.8 Å². The van der Waals surface area contributed by atoms with Crippen LogP contribution in [0.4, 0.5) is 10.1 Å². The smallest absolute Gasteiger partial charge is 0.282 e. The summed E-state index contributed by atoms with van der Waals surface area (Å²) in [6.07, 6.45) is 1.83. The van der Waals surface area contributed by atoms with E-state index >= 15 is 0 Å². The van der Waals surface area contributed by atoms with E-state index in [1.807, 2.05) is 18.0 Å². The molecule has 2 aliphatic heterocycles. The molecular weight excluding hydrogens is 369 g/mol. The van der Waals surface area contributed by atoms with E-state index in [-0.39, 0.29) is 23.7 Å². The van der Waals surface area contributed by atoms with Crippen LogP contribution in [0, 0.1) is 5.82 Å². The first kappa shape index (κ1) is 19.3. The van der Waals surface area contributed by atoms with E-state index in [1.165, 1.54) is 17.0 Å². The van der Waals surface area contributed by atoms with Gasteiger partial charge >= 0.3 is 0 Å².